The standard InChI is InChI=1S/C35H36ClN3O2/c1-6-23-7-11-26(12-8-23)39-30-17-35(4,5)18-31(40)33(30)32(29(19-37)34(39)38)28-16-21(2)15-24(22(28)3)20-41-27-13-9-25(36)10-14-27/h7-16,32H,6,17-18,20,38H2,1-5H3. The lowest BCUT2D eigenvalue weighted by atomic mass is 9.68. The second-order valence-corrected chi connectivity index (χ2v) is 12.3. The number of ether oxygens (including phenoxy) is 1. The first-order chi connectivity index (χ1) is 19.5. The Morgan fingerprint density at radius 1 is 1.07 bits per heavy atom. The Kier molecular flexibility index (Phi) is 7.72. The number of anilines is 1. The van der Waals surface area contributed by atoms with Crippen molar-refractivity contribution in [2.75, 3.05) is 4.90 Å². The maximum absolute atomic E-state index is 14.0. The zero-order chi connectivity index (χ0) is 29.5. The highest BCUT2D eigenvalue weighted by atomic mass is 35.5. The van der Waals surface area contributed by atoms with E-state index in [9.17, 15) is 10.1 Å². The number of benzene rings is 3. The molecule has 5 rings (SSSR count). The van der Waals surface area contributed by atoms with Crippen molar-refractivity contribution in [3.8, 4) is 11.8 Å². The molecule has 1 atom stereocenters. The molecule has 1 aliphatic carbocycles. The molecule has 1 unspecified atom stereocenters. The van der Waals surface area contributed by atoms with Crippen molar-refractivity contribution in [3.63, 3.8) is 0 Å². The van der Waals surface area contributed by atoms with Gasteiger partial charge in [-0.15, -0.1) is 0 Å². The van der Waals surface area contributed by atoms with Crippen molar-refractivity contribution >= 4 is 23.1 Å². The lowest BCUT2D eigenvalue weighted by Gasteiger charge is -2.44. The first-order valence-electron chi connectivity index (χ1n) is 14.1. The molecule has 0 radical (unpaired) electrons. The quantitative estimate of drug-likeness (QED) is 0.327. The first-order valence-corrected chi connectivity index (χ1v) is 14.4. The van der Waals surface area contributed by atoms with Crippen molar-refractivity contribution in [2.45, 2.75) is 66.4 Å². The summed E-state index contributed by atoms with van der Waals surface area (Å²) in [5.41, 5.74) is 14.6. The summed E-state index contributed by atoms with van der Waals surface area (Å²) in [5, 5.41) is 11.2. The van der Waals surface area contributed by atoms with Gasteiger partial charge in [0.05, 0.1) is 17.6 Å². The minimum absolute atomic E-state index is 0.0662. The van der Waals surface area contributed by atoms with Crippen LogP contribution in [-0.2, 0) is 17.8 Å². The van der Waals surface area contributed by atoms with Crippen molar-refractivity contribution in [3.05, 3.63) is 116 Å². The highest BCUT2D eigenvalue weighted by Crippen LogP contribution is 2.51. The van der Waals surface area contributed by atoms with Crippen molar-refractivity contribution in [1.82, 2.24) is 0 Å². The molecule has 0 bridgehead atoms. The number of nitrogens with zero attached hydrogens (tertiary/aromatic N) is 2. The minimum Gasteiger partial charge on any atom is -0.489 e. The molecule has 6 heteroatoms. The molecule has 0 saturated heterocycles. The van der Waals surface area contributed by atoms with Gasteiger partial charge in [0.2, 0.25) is 0 Å². The van der Waals surface area contributed by atoms with Crippen molar-refractivity contribution in [1.29, 1.82) is 5.26 Å². The van der Waals surface area contributed by atoms with Gasteiger partial charge in [0.1, 0.15) is 18.2 Å². The van der Waals surface area contributed by atoms with Crippen molar-refractivity contribution in [2.24, 2.45) is 11.1 Å². The number of hydrogen-bond donors (Lipinski definition) is 1. The number of rotatable bonds is 6. The Hall–Kier alpha value is -4.01. The Labute approximate surface area is 247 Å². The second-order valence-electron chi connectivity index (χ2n) is 11.9. The fourth-order valence-electron chi connectivity index (χ4n) is 6.10. The summed E-state index contributed by atoms with van der Waals surface area (Å²) in [6.07, 6.45) is 2.02. The maximum Gasteiger partial charge on any atom is 0.162 e. The summed E-state index contributed by atoms with van der Waals surface area (Å²) in [6.45, 7) is 10.8. The number of ketones is 1. The molecule has 1 heterocycles. The van der Waals surface area contributed by atoms with Gasteiger partial charge in [0.25, 0.3) is 0 Å². The van der Waals surface area contributed by atoms with Gasteiger partial charge in [-0.3, -0.25) is 9.69 Å². The highest BCUT2D eigenvalue weighted by Gasteiger charge is 2.45. The number of nitrogens with two attached hydrogens (primary N) is 1. The number of Topliss-reactive ketones (excluding diaryl/α,β-unsaturated/α-hetero) is 1. The highest BCUT2D eigenvalue weighted by molar-refractivity contribution is 6.30. The van der Waals surface area contributed by atoms with Gasteiger partial charge >= 0.3 is 0 Å². The Morgan fingerprint density at radius 3 is 2.39 bits per heavy atom. The number of carbonyl (C=O) groups excluding carboxylic acids is 1. The van der Waals surface area contributed by atoms with E-state index in [-0.39, 0.29) is 11.2 Å². The number of halogens is 1. The molecule has 0 saturated carbocycles. The van der Waals surface area contributed by atoms with Gasteiger partial charge in [0, 0.05) is 28.4 Å². The lowest BCUT2D eigenvalue weighted by molar-refractivity contribution is -0.118. The van der Waals surface area contributed by atoms with E-state index in [1.165, 1.54) is 5.56 Å². The molecule has 0 spiro atoms. The molecule has 3 aromatic rings. The van der Waals surface area contributed by atoms with Crippen LogP contribution in [0.3, 0.4) is 0 Å². The lowest BCUT2D eigenvalue weighted by Crippen LogP contribution is -2.42. The molecule has 2 aliphatic rings. The topological polar surface area (TPSA) is 79.3 Å². The van der Waals surface area contributed by atoms with Crippen LogP contribution in [0.2, 0.25) is 5.02 Å². The number of nitriles is 1. The first kappa shape index (κ1) is 28.5. The number of allylic oxidation sites excluding steroid dienone is 3. The van der Waals surface area contributed by atoms with Crippen LogP contribution in [0.1, 0.15) is 67.3 Å². The molecule has 2 N–H and O–H groups in total. The number of carbonyl (C=O) groups is 1. The van der Waals surface area contributed by atoms with Gasteiger partial charge in [-0.2, -0.15) is 5.26 Å². The zero-order valence-electron chi connectivity index (χ0n) is 24.3. The SMILES string of the molecule is CCc1ccc(N2C(N)=C(C#N)C(c3cc(C)cc(COc4ccc(Cl)cc4)c3C)C3=C2CC(C)(C)CC3=O)cc1. The predicted octanol–water partition coefficient (Wildman–Crippen LogP) is 8.04. The molecular formula is C35H36ClN3O2. The Morgan fingerprint density at radius 2 is 1.76 bits per heavy atom. The van der Waals surface area contributed by atoms with Crippen LogP contribution >= 0.6 is 11.6 Å². The number of hydrogen-bond acceptors (Lipinski definition) is 5. The summed E-state index contributed by atoms with van der Waals surface area (Å²) < 4.78 is 6.10. The third-order valence-electron chi connectivity index (χ3n) is 8.20. The van der Waals surface area contributed by atoms with E-state index in [4.69, 9.17) is 22.1 Å². The molecule has 5 nitrogen and oxygen atoms in total. The molecule has 3 aromatic carbocycles. The van der Waals surface area contributed by atoms with Gasteiger partial charge < -0.3 is 10.5 Å². The third-order valence-corrected chi connectivity index (χ3v) is 8.45. The predicted molar refractivity (Wildman–Crippen MR) is 165 cm³/mol. The van der Waals surface area contributed by atoms with Crippen LogP contribution in [0.25, 0.3) is 0 Å². The monoisotopic (exact) mass is 565 g/mol. The van der Waals surface area contributed by atoms with Crippen LogP contribution in [0.15, 0.2) is 83.3 Å². The summed E-state index contributed by atoms with van der Waals surface area (Å²) in [7, 11) is 0. The molecule has 1 aliphatic heterocycles. The fraction of sp³-hybridized carbons (Fsp3) is 0.314. The average molecular weight is 566 g/mol. The van der Waals surface area contributed by atoms with Gasteiger partial charge in [-0.05, 0) is 90.8 Å². The third kappa shape index (κ3) is 5.49. The van der Waals surface area contributed by atoms with Crippen LogP contribution in [-0.4, -0.2) is 5.78 Å². The minimum atomic E-state index is -0.543. The van der Waals surface area contributed by atoms with E-state index in [2.05, 4.69) is 51.1 Å². The van der Waals surface area contributed by atoms with Gasteiger partial charge in [-0.1, -0.05) is 62.2 Å². The van der Waals surface area contributed by atoms with E-state index in [0.717, 1.165) is 45.8 Å². The van der Waals surface area contributed by atoms with Crippen LogP contribution in [0.4, 0.5) is 5.69 Å². The molecule has 210 valence electrons. The fourth-order valence-corrected chi connectivity index (χ4v) is 6.23. The Balaban J connectivity index is 1.65. The van der Waals surface area contributed by atoms with Gasteiger partial charge in [-0.25, -0.2) is 0 Å². The van der Waals surface area contributed by atoms with Crippen LogP contribution in [0, 0.1) is 30.6 Å². The number of aryl methyl sites for hydroxylation is 2. The molecule has 41 heavy (non-hydrogen) atoms. The largest absolute Gasteiger partial charge is 0.489 e. The van der Waals surface area contributed by atoms with E-state index >= 15 is 0 Å². The normalized spacial score (nSPS) is 18.3. The zero-order valence-corrected chi connectivity index (χ0v) is 25.1. The molecular weight excluding hydrogens is 530 g/mol. The van der Waals surface area contributed by atoms with Crippen molar-refractivity contribution < 1.29 is 9.53 Å². The van der Waals surface area contributed by atoms with E-state index in [1.54, 1.807) is 12.1 Å². The van der Waals surface area contributed by atoms with E-state index < -0.39 is 5.92 Å². The molecule has 0 aromatic heterocycles. The maximum atomic E-state index is 14.0. The van der Waals surface area contributed by atoms with Gasteiger partial charge in [0.15, 0.2) is 5.78 Å². The van der Waals surface area contributed by atoms with Crippen LogP contribution < -0.4 is 15.4 Å². The summed E-state index contributed by atoms with van der Waals surface area (Å²) >= 11 is 6.04. The summed E-state index contributed by atoms with van der Waals surface area (Å²) in [6, 6.07) is 22.1. The van der Waals surface area contributed by atoms with E-state index in [1.807, 2.05) is 43.0 Å². The molecule has 0 amide bonds. The Bertz CT molecular complexity index is 1610. The molecule has 0 fully saturated rings. The smallest absolute Gasteiger partial charge is 0.162 e. The summed E-state index contributed by atoms with van der Waals surface area (Å²) in [4.78, 5) is 15.9. The summed E-state index contributed by atoms with van der Waals surface area (Å²) in [5.74, 6) is 0.622. The van der Waals surface area contributed by atoms with E-state index in [0.29, 0.717) is 41.4 Å². The van der Waals surface area contributed by atoms with Crippen LogP contribution in [0.5, 0.6) is 5.75 Å². The average Bonchev–Trinajstić information content (AvgIpc) is 2.93. The second kappa shape index (κ2) is 11.1.